The fourth-order valence-electron chi connectivity index (χ4n) is 1.04. The van der Waals surface area contributed by atoms with E-state index in [1.165, 1.54) is 12.4 Å². The molecule has 0 saturated heterocycles. The van der Waals surface area contributed by atoms with Gasteiger partial charge in [0.2, 0.25) is 0 Å². The topological polar surface area (TPSA) is 57.4 Å². The number of hydrogen-bond acceptors (Lipinski definition) is 4. The molecule has 1 rings (SSSR count). The average Bonchev–Trinajstić information content (AvgIpc) is 2.31. The number of hydrogen-bond donors (Lipinski definition) is 1. The Morgan fingerprint density at radius 3 is 2.72 bits per heavy atom. The van der Waals surface area contributed by atoms with Gasteiger partial charge in [-0.05, 0) is 6.07 Å². The van der Waals surface area contributed by atoms with Crippen molar-refractivity contribution in [2.45, 2.75) is 6.36 Å². The van der Waals surface area contributed by atoms with E-state index in [9.17, 15) is 13.2 Å². The Balaban J connectivity index is 2.43. The van der Waals surface area contributed by atoms with Gasteiger partial charge in [0.1, 0.15) is 12.4 Å². The molecule has 98 valence electrons. The maximum atomic E-state index is 11.7. The first-order valence-corrected chi connectivity index (χ1v) is 4.99. The Kier molecular flexibility index (Phi) is 5.42. The van der Waals surface area contributed by atoms with Gasteiger partial charge in [0.25, 0.3) is 0 Å². The van der Waals surface area contributed by atoms with Crippen molar-refractivity contribution in [3.05, 3.63) is 24.0 Å². The van der Waals surface area contributed by atoms with Crippen molar-refractivity contribution < 1.29 is 22.6 Å². The van der Waals surface area contributed by atoms with E-state index in [0.717, 1.165) is 0 Å². The number of aromatic nitrogens is 1. The smallest absolute Gasteiger partial charge is 0.490 e. The zero-order chi connectivity index (χ0) is 13.4. The predicted octanol–water partition coefficient (Wildman–Crippen LogP) is 1.31. The number of pyridine rings is 1. The molecule has 0 radical (unpaired) electrons. The van der Waals surface area contributed by atoms with E-state index in [2.05, 4.69) is 21.6 Å². The van der Waals surface area contributed by atoms with Gasteiger partial charge >= 0.3 is 6.36 Å². The summed E-state index contributed by atoms with van der Waals surface area (Å²) in [7, 11) is 0. The van der Waals surface area contributed by atoms with Crippen molar-refractivity contribution >= 4 is 0 Å². The normalized spacial score (nSPS) is 10.7. The first-order chi connectivity index (χ1) is 8.51. The number of rotatable bonds is 4. The fraction of sp³-hybridized carbons (Fsp3) is 0.364. The summed E-state index contributed by atoms with van der Waals surface area (Å²) in [6.07, 6.45) is -1.76. The summed E-state index contributed by atoms with van der Waals surface area (Å²) in [4.78, 5) is 3.83. The molecular weight excluding hydrogens is 249 g/mol. The van der Waals surface area contributed by atoms with Crippen molar-refractivity contribution in [1.82, 2.24) is 4.98 Å². The molecule has 0 atom stereocenters. The SMILES string of the molecule is NCC#Cc1cncc(OCCOC(F)(F)F)c1. The van der Waals surface area contributed by atoms with Crippen LogP contribution in [0.2, 0.25) is 0 Å². The van der Waals surface area contributed by atoms with Crippen molar-refractivity contribution in [2.24, 2.45) is 5.73 Å². The second-order valence-electron chi connectivity index (χ2n) is 3.06. The Labute approximate surface area is 102 Å². The van der Waals surface area contributed by atoms with Gasteiger partial charge in [-0.3, -0.25) is 9.72 Å². The highest BCUT2D eigenvalue weighted by atomic mass is 19.4. The molecule has 0 aliphatic carbocycles. The standard InChI is InChI=1S/C11H11F3N2O2/c12-11(13,14)18-5-4-17-10-6-9(2-1-3-15)7-16-8-10/h6-8H,3-5,15H2. The van der Waals surface area contributed by atoms with E-state index in [1.54, 1.807) is 6.07 Å². The Hall–Kier alpha value is -1.78. The molecule has 0 bridgehead atoms. The minimum Gasteiger partial charge on any atom is -0.490 e. The van der Waals surface area contributed by atoms with Crippen LogP contribution in [0.15, 0.2) is 18.5 Å². The molecule has 0 spiro atoms. The Morgan fingerprint density at radius 2 is 2.06 bits per heavy atom. The largest absolute Gasteiger partial charge is 0.522 e. The van der Waals surface area contributed by atoms with Gasteiger partial charge in [-0.25, -0.2) is 0 Å². The summed E-state index contributed by atoms with van der Waals surface area (Å²) in [6.45, 7) is -0.596. The summed E-state index contributed by atoms with van der Waals surface area (Å²) < 4.78 is 43.6. The molecule has 0 unspecified atom stereocenters. The second-order valence-corrected chi connectivity index (χ2v) is 3.06. The number of ether oxygens (including phenoxy) is 2. The van der Waals surface area contributed by atoms with E-state index < -0.39 is 13.0 Å². The number of nitrogens with two attached hydrogens (primary N) is 1. The van der Waals surface area contributed by atoms with Crippen LogP contribution in [0.3, 0.4) is 0 Å². The summed E-state index contributed by atoms with van der Waals surface area (Å²) >= 11 is 0. The highest BCUT2D eigenvalue weighted by molar-refractivity contribution is 5.36. The first-order valence-electron chi connectivity index (χ1n) is 4.99. The number of nitrogens with zero attached hydrogens (tertiary/aromatic N) is 1. The van der Waals surface area contributed by atoms with Crippen LogP contribution in [0, 0.1) is 11.8 Å². The van der Waals surface area contributed by atoms with Gasteiger partial charge in [-0.15, -0.1) is 13.2 Å². The minimum absolute atomic E-state index is 0.213. The monoisotopic (exact) mass is 260 g/mol. The van der Waals surface area contributed by atoms with Crippen LogP contribution in [0.5, 0.6) is 5.75 Å². The van der Waals surface area contributed by atoms with E-state index in [0.29, 0.717) is 11.3 Å². The van der Waals surface area contributed by atoms with Crippen molar-refractivity contribution in [3.63, 3.8) is 0 Å². The predicted molar refractivity (Wildman–Crippen MR) is 57.7 cm³/mol. The maximum absolute atomic E-state index is 11.7. The van der Waals surface area contributed by atoms with Gasteiger partial charge in [-0.1, -0.05) is 11.8 Å². The summed E-state index contributed by atoms with van der Waals surface area (Å²) in [5, 5.41) is 0. The van der Waals surface area contributed by atoms with Gasteiger partial charge < -0.3 is 10.5 Å². The first kappa shape index (κ1) is 14.3. The molecule has 1 aromatic heterocycles. The molecule has 1 aromatic rings. The molecule has 0 amide bonds. The molecule has 4 nitrogen and oxygen atoms in total. The van der Waals surface area contributed by atoms with E-state index in [4.69, 9.17) is 10.5 Å². The lowest BCUT2D eigenvalue weighted by Crippen LogP contribution is -2.18. The Morgan fingerprint density at radius 1 is 1.28 bits per heavy atom. The van der Waals surface area contributed by atoms with Gasteiger partial charge in [-0.2, -0.15) is 0 Å². The van der Waals surface area contributed by atoms with E-state index >= 15 is 0 Å². The molecule has 2 N–H and O–H groups in total. The third kappa shape index (κ3) is 6.08. The zero-order valence-corrected chi connectivity index (χ0v) is 9.33. The Bertz CT molecular complexity index is 438. The van der Waals surface area contributed by atoms with Crippen molar-refractivity contribution in [3.8, 4) is 17.6 Å². The third-order valence-electron chi connectivity index (χ3n) is 1.67. The lowest BCUT2D eigenvalue weighted by molar-refractivity contribution is -0.325. The van der Waals surface area contributed by atoms with E-state index in [-0.39, 0.29) is 13.2 Å². The van der Waals surface area contributed by atoms with Crippen molar-refractivity contribution in [2.75, 3.05) is 19.8 Å². The molecule has 0 saturated carbocycles. The summed E-state index contributed by atoms with van der Waals surface area (Å²) in [6, 6.07) is 1.56. The van der Waals surface area contributed by atoms with Crippen LogP contribution < -0.4 is 10.5 Å². The second kappa shape index (κ2) is 6.83. The van der Waals surface area contributed by atoms with Crippen LogP contribution in [0.4, 0.5) is 13.2 Å². The van der Waals surface area contributed by atoms with Crippen LogP contribution in [-0.2, 0) is 4.74 Å². The molecule has 0 fully saturated rings. The molecule has 1 heterocycles. The summed E-state index contributed by atoms with van der Waals surface area (Å²) in [5.74, 6) is 5.68. The van der Waals surface area contributed by atoms with Gasteiger partial charge in [0.05, 0.1) is 19.3 Å². The maximum Gasteiger partial charge on any atom is 0.522 e. The molecule has 0 aliphatic rings. The molecule has 7 heteroatoms. The molecule has 0 aliphatic heterocycles. The average molecular weight is 260 g/mol. The van der Waals surface area contributed by atoms with Crippen LogP contribution >= 0.6 is 0 Å². The lowest BCUT2D eigenvalue weighted by atomic mass is 10.3. The highest BCUT2D eigenvalue weighted by Gasteiger charge is 2.28. The fourth-order valence-corrected chi connectivity index (χ4v) is 1.04. The van der Waals surface area contributed by atoms with Gasteiger partial charge in [0.15, 0.2) is 0 Å². The zero-order valence-electron chi connectivity index (χ0n) is 9.33. The molecule has 0 aromatic carbocycles. The van der Waals surface area contributed by atoms with Gasteiger partial charge in [0, 0.05) is 11.8 Å². The van der Waals surface area contributed by atoms with Crippen LogP contribution in [0.25, 0.3) is 0 Å². The highest BCUT2D eigenvalue weighted by Crippen LogP contribution is 2.16. The van der Waals surface area contributed by atoms with Crippen molar-refractivity contribution in [1.29, 1.82) is 0 Å². The minimum atomic E-state index is -4.64. The van der Waals surface area contributed by atoms with E-state index in [1.807, 2.05) is 0 Å². The molecular formula is C11H11F3N2O2. The number of alkyl halides is 3. The molecule has 18 heavy (non-hydrogen) atoms. The third-order valence-corrected chi connectivity index (χ3v) is 1.67. The quantitative estimate of drug-likeness (QED) is 0.655. The number of halogens is 3. The van der Waals surface area contributed by atoms with Crippen LogP contribution in [-0.4, -0.2) is 31.1 Å². The van der Waals surface area contributed by atoms with Crippen LogP contribution in [0.1, 0.15) is 5.56 Å². The lowest BCUT2D eigenvalue weighted by Gasteiger charge is -2.08. The summed E-state index contributed by atoms with van der Waals surface area (Å²) in [5.41, 5.74) is 5.78.